The van der Waals surface area contributed by atoms with Crippen LogP contribution in [0.3, 0.4) is 0 Å². The highest BCUT2D eigenvalue weighted by atomic mass is 19.1. The first-order valence-corrected chi connectivity index (χ1v) is 6.46. The summed E-state index contributed by atoms with van der Waals surface area (Å²) in [5, 5.41) is 6.32. The SMILES string of the molecule is CC(NC(=O)c1cccc(F)c1)C1CCCCN1. The Balaban J connectivity index is 1.94. The van der Waals surface area contributed by atoms with Crippen molar-refractivity contribution in [2.45, 2.75) is 38.3 Å². The van der Waals surface area contributed by atoms with Crippen molar-refractivity contribution in [2.75, 3.05) is 6.54 Å². The first-order chi connectivity index (χ1) is 8.66. The second-order valence-corrected chi connectivity index (χ2v) is 4.83. The van der Waals surface area contributed by atoms with Gasteiger partial charge in [0.1, 0.15) is 5.82 Å². The standard InChI is InChI=1S/C14H19FN2O/c1-10(13-7-2-3-8-16-13)17-14(18)11-5-4-6-12(15)9-11/h4-6,9-10,13,16H,2-3,7-8H2,1H3,(H,17,18). The van der Waals surface area contributed by atoms with E-state index in [-0.39, 0.29) is 17.8 Å². The number of carbonyl (C=O) groups is 1. The van der Waals surface area contributed by atoms with Gasteiger partial charge in [-0.2, -0.15) is 0 Å². The van der Waals surface area contributed by atoms with Crippen LogP contribution in [0.2, 0.25) is 0 Å². The van der Waals surface area contributed by atoms with E-state index in [0.717, 1.165) is 13.0 Å². The lowest BCUT2D eigenvalue weighted by Gasteiger charge is -2.29. The molecule has 1 saturated heterocycles. The molecular formula is C14H19FN2O. The molecule has 0 aliphatic carbocycles. The van der Waals surface area contributed by atoms with Gasteiger partial charge in [0.15, 0.2) is 0 Å². The Labute approximate surface area is 107 Å². The molecule has 1 heterocycles. The lowest BCUT2D eigenvalue weighted by atomic mass is 9.99. The number of nitrogens with one attached hydrogen (secondary N) is 2. The van der Waals surface area contributed by atoms with Gasteiger partial charge in [0, 0.05) is 17.6 Å². The summed E-state index contributed by atoms with van der Waals surface area (Å²) in [5.41, 5.74) is 0.373. The fraction of sp³-hybridized carbons (Fsp3) is 0.500. The quantitative estimate of drug-likeness (QED) is 0.862. The van der Waals surface area contributed by atoms with Crippen molar-refractivity contribution in [2.24, 2.45) is 0 Å². The molecule has 1 fully saturated rings. The monoisotopic (exact) mass is 250 g/mol. The third-order valence-electron chi connectivity index (χ3n) is 3.40. The Morgan fingerprint density at radius 3 is 3.00 bits per heavy atom. The van der Waals surface area contributed by atoms with E-state index in [1.165, 1.54) is 25.0 Å². The molecule has 1 amide bonds. The summed E-state index contributed by atoms with van der Waals surface area (Å²) in [6, 6.07) is 6.14. The number of benzene rings is 1. The molecule has 1 aromatic rings. The van der Waals surface area contributed by atoms with Crippen LogP contribution in [0.15, 0.2) is 24.3 Å². The summed E-state index contributed by atoms with van der Waals surface area (Å²) in [6.45, 7) is 2.99. The second-order valence-electron chi connectivity index (χ2n) is 4.83. The van der Waals surface area contributed by atoms with Crippen molar-refractivity contribution in [3.05, 3.63) is 35.6 Å². The Morgan fingerprint density at radius 1 is 1.50 bits per heavy atom. The molecular weight excluding hydrogens is 231 g/mol. The van der Waals surface area contributed by atoms with E-state index < -0.39 is 0 Å². The second kappa shape index (κ2) is 5.96. The normalized spacial score (nSPS) is 21.3. The van der Waals surface area contributed by atoms with E-state index in [1.807, 2.05) is 6.92 Å². The maximum absolute atomic E-state index is 13.0. The van der Waals surface area contributed by atoms with E-state index in [4.69, 9.17) is 0 Å². The molecule has 0 spiro atoms. The number of carbonyl (C=O) groups excluding carboxylic acids is 1. The van der Waals surface area contributed by atoms with E-state index in [9.17, 15) is 9.18 Å². The summed E-state index contributed by atoms with van der Waals surface area (Å²) in [7, 11) is 0. The van der Waals surface area contributed by atoms with Crippen molar-refractivity contribution < 1.29 is 9.18 Å². The number of amides is 1. The molecule has 4 heteroatoms. The van der Waals surface area contributed by atoms with Crippen molar-refractivity contribution in [1.29, 1.82) is 0 Å². The van der Waals surface area contributed by atoms with Crippen molar-refractivity contribution in [1.82, 2.24) is 10.6 Å². The minimum Gasteiger partial charge on any atom is -0.348 e. The van der Waals surface area contributed by atoms with Gasteiger partial charge in [-0.15, -0.1) is 0 Å². The average Bonchev–Trinajstić information content (AvgIpc) is 2.39. The fourth-order valence-electron chi connectivity index (χ4n) is 2.33. The summed E-state index contributed by atoms with van der Waals surface area (Å²) in [6.07, 6.45) is 3.46. The van der Waals surface area contributed by atoms with Gasteiger partial charge in [-0.05, 0) is 44.5 Å². The van der Waals surface area contributed by atoms with Gasteiger partial charge in [-0.3, -0.25) is 4.79 Å². The van der Waals surface area contributed by atoms with Crippen LogP contribution < -0.4 is 10.6 Å². The van der Waals surface area contributed by atoms with Gasteiger partial charge in [0.25, 0.3) is 5.91 Å². The van der Waals surface area contributed by atoms with Crippen LogP contribution in [0.25, 0.3) is 0 Å². The average molecular weight is 250 g/mol. The number of hydrogen-bond donors (Lipinski definition) is 2. The molecule has 2 unspecified atom stereocenters. The third-order valence-corrected chi connectivity index (χ3v) is 3.40. The van der Waals surface area contributed by atoms with E-state index >= 15 is 0 Å². The van der Waals surface area contributed by atoms with Crippen LogP contribution in [0, 0.1) is 5.82 Å². The zero-order valence-corrected chi connectivity index (χ0v) is 10.6. The molecule has 1 aliphatic rings. The van der Waals surface area contributed by atoms with Gasteiger partial charge in [-0.25, -0.2) is 4.39 Å². The molecule has 0 bridgehead atoms. The van der Waals surface area contributed by atoms with Crippen LogP contribution in [0.1, 0.15) is 36.5 Å². The molecule has 3 nitrogen and oxygen atoms in total. The van der Waals surface area contributed by atoms with Crippen molar-refractivity contribution in [3.63, 3.8) is 0 Å². The van der Waals surface area contributed by atoms with Crippen LogP contribution in [0.5, 0.6) is 0 Å². The molecule has 18 heavy (non-hydrogen) atoms. The predicted octanol–water partition coefficient (Wildman–Crippen LogP) is 2.09. The minimum absolute atomic E-state index is 0.0565. The lowest BCUT2D eigenvalue weighted by Crippen LogP contribution is -2.50. The zero-order chi connectivity index (χ0) is 13.0. The number of halogens is 1. The number of hydrogen-bond acceptors (Lipinski definition) is 2. The van der Waals surface area contributed by atoms with E-state index in [2.05, 4.69) is 10.6 Å². The molecule has 1 aliphatic heterocycles. The minimum atomic E-state index is -0.383. The molecule has 98 valence electrons. The van der Waals surface area contributed by atoms with Gasteiger partial charge < -0.3 is 10.6 Å². The fourth-order valence-corrected chi connectivity index (χ4v) is 2.33. The van der Waals surface area contributed by atoms with Crippen LogP contribution in [0.4, 0.5) is 4.39 Å². The van der Waals surface area contributed by atoms with Crippen molar-refractivity contribution >= 4 is 5.91 Å². The van der Waals surface area contributed by atoms with E-state index in [1.54, 1.807) is 12.1 Å². The van der Waals surface area contributed by atoms with Gasteiger partial charge in [-0.1, -0.05) is 12.5 Å². The number of piperidine rings is 1. The molecule has 2 N–H and O–H groups in total. The topological polar surface area (TPSA) is 41.1 Å². The Kier molecular flexibility index (Phi) is 4.31. The van der Waals surface area contributed by atoms with Gasteiger partial charge in [0.2, 0.25) is 0 Å². The maximum Gasteiger partial charge on any atom is 0.251 e. The summed E-state index contributed by atoms with van der Waals surface area (Å²) in [4.78, 5) is 11.9. The van der Waals surface area contributed by atoms with Gasteiger partial charge in [0.05, 0.1) is 0 Å². The number of rotatable bonds is 3. The smallest absolute Gasteiger partial charge is 0.251 e. The predicted molar refractivity (Wildman–Crippen MR) is 69.0 cm³/mol. The Hall–Kier alpha value is -1.42. The zero-order valence-electron chi connectivity index (χ0n) is 10.6. The molecule has 2 rings (SSSR count). The van der Waals surface area contributed by atoms with Crippen LogP contribution >= 0.6 is 0 Å². The Bertz CT molecular complexity index is 416. The molecule has 0 aromatic heterocycles. The molecule has 0 saturated carbocycles. The van der Waals surface area contributed by atoms with Crippen molar-refractivity contribution in [3.8, 4) is 0 Å². The highest BCUT2D eigenvalue weighted by molar-refractivity contribution is 5.94. The molecule has 0 radical (unpaired) electrons. The first kappa shape index (κ1) is 13.0. The maximum atomic E-state index is 13.0. The highest BCUT2D eigenvalue weighted by Gasteiger charge is 2.21. The third kappa shape index (κ3) is 3.29. The first-order valence-electron chi connectivity index (χ1n) is 6.46. The largest absolute Gasteiger partial charge is 0.348 e. The molecule has 1 aromatic carbocycles. The van der Waals surface area contributed by atoms with E-state index in [0.29, 0.717) is 11.6 Å². The Morgan fingerprint density at radius 2 is 2.33 bits per heavy atom. The molecule has 2 atom stereocenters. The van der Waals surface area contributed by atoms with Crippen LogP contribution in [-0.4, -0.2) is 24.5 Å². The summed E-state index contributed by atoms with van der Waals surface area (Å²) in [5.74, 6) is -0.597. The highest BCUT2D eigenvalue weighted by Crippen LogP contribution is 2.11. The summed E-state index contributed by atoms with van der Waals surface area (Å²) < 4.78 is 13.0. The van der Waals surface area contributed by atoms with Crippen LogP contribution in [-0.2, 0) is 0 Å². The lowest BCUT2D eigenvalue weighted by molar-refractivity contribution is 0.0927. The van der Waals surface area contributed by atoms with Gasteiger partial charge >= 0.3 is 0 Å². The summed E-state index contributed by atoms with van der Waals surface area (Å²) >= 11 is 0.